The zero-order chi connectivity index (χ0) is 24.9. The number of hydrogen-bond donors (Lipinski definition) is 1. The van der Waals surface area contributed by atoms with Gasteiger partial charge in [-0.1, -0.05) is 0 Å². The van der Waals surface area contributed by atoms with Crippen LogP contribution in [0, 0.1) is 5.82 Å². The number of morpholine rings is 1. The molecule has 0 aliphatic carbocycles. The molecule has 9 heteroatoms. The second kappa shape index (κ2) is 10.9. The number of aliphatic hydroxyl groups is 1. The molecule has 0 saturated carbocycles. The molecule has 0 unspecified atom stereocenters. The average Bonchev–Trinajstić information content (AvgIpc) is 3.14. The van der Waals surface area contributed by atoms with Crippen molar-refractivity contribution in [1.82, 2.24) is 9.80 Å². The molecule has 0 bridgehead atoms. The van der Waals surface area contributed by atoms with E-state index in [0.29, 0.717) is 43.2 Å². The van der Waals surface area contributed by atoms with Gasteiger partial charge in [0.05, 0.1) is 39.0 Å². The molecule has 1 amide bonds. The summed E-state index contributed by atoms with van der Waals surface area (Å²) in [6, 6.07) is 9.33. The van der Waals surface area contributed by atoms with Crippen molar-refractivity contribution in [1.29, 1.82) is 0 Å². The number of halogens is 1. The molecule has 1 N–H and O–H groups in total. The predicted molar refractivity (Wildman–Crippen MR) is 127 cm³/mol. The Morgan fingerprint density at radius 3 is 2.43 bits per heavy atom. The topological polar surface area (TPSA) is 88.5 Å². The van der Waals surface area contributed by atoms with E-state index in [-0.39, 0.29) is 16.9 Å². The van der Waals surface area contributed by atoms with Crippen LogP contribution in [-0.2, 0) is 14.3 Å². The predicted octanol–water partition coefficient (Wildman–Crippen LogP) is 2.99. The number of amides is 1. The van der Waals surface area contributed by atoms with Crippen LogP contribution >= 0.6 is 0 Å². The van der Waals surface area contributed by atoms with Gasteiger partial charge >= 0.3 is 0 Å². The first kappa shape index (κ1) is 24.7. The molecule has 35 heavy (non-hydrogen) atoms. The lowest BCUT2D eigenvalue weighted by atomic mass is 9.94. The Balaban J connectivity index is 1.75. The van der Waals surface area contributed by atoms with Gasteiger partial charge in [-0.2, -0.15) is 0 Å². The smallest absolute Gasteiger partial charge is 0.295 e. The van der Waals surface area contributed by atoms with Gasteiger partial charge in [0, 0.05) is 37.3 Å². The number of ketones is 1. The Hall–Kier alpha value is -3.43. The third-order valence-corrected chi connectivity index (χ3v) is 6.37. The average molecular weight is 485 g/mol. The highest BCUT2D eigenvalue weighted by Crippen LogP contribution is 2.43. The van der Waals surface area contributed by atoms with Crippen LogP contribution in [-0.4, -0.2) is 80.2 Å². The minimum Gasteiger partial charge on any atom is -0.507 e. The van der Waals surface area contributed by atoms with E-state index in [0.717, 1.165) is 19.6 Å². The maximum absolute atomic E-state index is 13.5. The summed E-state index contributed by atoms with van der Waals surface area (Å²) in [6.07, 6.45) is 0.631. The molecule has 186 valence electrons. The third-order valence-electron chi connectivity index (χ3n) is 6.37. The van der Waals surface area contributed by atoms with Gasteiger partial charge in [0.15, 0.2) is 0 Å². The highest BCUT2D eigenvalue weighted by molar-refractivity contribution is 6.46. The lowest BCUT2D eigenvalue weighted by Crippen LogP contribution is -2.39. The summed E-state index contributed by atoms with van der Waals surface area (Å²) in [5, 5.41) is 11.1. The van der Waals surface area contributed by atoms with Crippen LogP contribution in [0.5, 0.6) is 11.5 Å². The van der Waals surface area contributed by atoms with Gasteiger partial charge in [0.1, 0.15) is 23.1 Å². The van der Waals surface area contributed by atoms with E-state index in [4.69, 9.17) is 14.2 Å². The van der Waals surface area contributed by atoms with E-state index in [1.807, 2.05) is 0 Å². The number of carbonyl (C=O) groups is 2. The normalized spacial score (nSPS) is 20.3. The van der Waals surface area contributed by atoms with Crippen molar-refractivity contribution in [2.45, 2.75) is 12.5 Å². The number of rotatable bonds is 8. The molecule has 0 aromatic heterocycles. The molecule has 2 saturated heterocycles. The summed E-state index contributed by atoms with van der Waals surface area (Å²) in [5.41, 5.74) is 0.685. The highest BCUT2D eigenvalue weighted by atomic mass is 19.1. The van der Waals surface area contributed by atoms with E-state index in [9.17, 15) is 19.1 Å². The molecule has 2 aromatic rings. The van der Waals surface area contributed by atoms with Gasteiger partial charge < -0.3 is 24.2 Å². The summed E-state index contributed by atoms with van der Waals surface area (Å²) in [7, 11) is 3.01. The van der Waals surface area contributed by atoms with Crippen molar-refractivity contribution in [2.24, 2.45) is 0 Å². The first-order valence-electron chi connectivity index (χ1n) is 11.5. The fraction of sp³-hybridized carbons (Fsp3) is 0.385. The Labute approximate surface area is 203 Å². The molecule has 8 nitrogen and oxygen atoms in total. The molecule has 4 rings (SSSR count). The van der Waals surface area contributed by atoms with Gasteiger partial charge in [-0.15, -0.1) is 0 Å². The zero-order valence-electron chi connectivity index (χ0n) is 19.8. The summed E-state index contributed by atoms with van der Waals surface area (Å²) < 4.78 is 29.8. The number of likely N-dealkylation sites (tertiary alicyclic amines) is 1. The van der Waals surface area contributed by atoms with Crippen molar-refractivity contribution in [2.75, 3.05) is 53.6 Å². The van der Waals surface area contributed by atoms with E-state index in [2.05, 4.69) is 4.90 Å². The number of aliphatic hydroxyl groups excluding tert-OH is 1. The lowest BCUT2D eigenvalue weighted by Gasteiger charge is -2.29. The monoisotopic (exact) mass is 484 g/mol. The van der Waals surface area contributed by atoms with Crippen LogP contribution in [0.4, 0.5) is 4.39 Å². The third kappa shape index (κ3) is 5.16. The summed E-state index contributed by atoms with van der Waals surface area (Å²) in [6.45, 7) is 4.01. The maximum Gasteiger partial charge on any atom is 0.295 e. The van der Waals surface area contributed by atoms with Crippen molar-refractivity contribution in [3.8, 4) is 11.5 Å². The van der Waals surface area contributed by atoms with E-state index in [1.165, 1.54) is 43.4 Å². The quantitative estimate of drug-likeness (QED) is 0.350. The molecule has 0 spiro atoms. The second-order valence-corrected chi connectivity index (χ2v) is 8.41. The SMILES string of the molecule is COc1ccc(OC)c([C@@H]2/C(=C(\O)c3ccc(F)cc3)C(=O)C(=O)N2CCCN2CCOCC2)c1. The van der Waals surface area contributed by atoms with E-state index < -0.39 is 23.5 Å². The molecular formula is C26H29FN2O6. The Bertz CT molecular complexity index is 1110. The molecular weight excluding hydrogens is 455 g/mol. The molecule has 2 heterocycles. The van der Waals surface area contributed by atoms with Gasteiger partial charge in [0.2, 0.25) is 0 Å². The maximum atomic E-state index is 13.5. The van der Waals surface area contributed by atoms with Crippen LogP contribution in [0.15, 0.2) is 48.0 Å². The van der Waals surface area contributed by atoms with Gasteiger partial charge in [-0.3, -0.25) is 14.5 Å². The zero-order valence-corrected chi connectivity index (χ0v) is 19.8. The lowest BCUT2D eigenvalue weighted by molar-refractivity contribution is -0.140. The molecule has 2 aliphatic heterocycles. The number of Topliss-reactive ketones (excluding diaryl/α,β-unsaturated/α-hetero) is 1. The van der Waals surface area contributed by atoms with E-state index >= 15 is 0 Å². The number of hydrogen-bond acceptors (Lipinski definition) is 7. The van der Waals surface area contributed by atoms with Gasteiger partial charge in [-0.25, -0.2) is 4.39 Å². The largest absolute Gasteiger partial charge is 0.507 e. The molecule has 0 radical (unpaired) electrons. The molecule has 1 atom stereocenters. The number of benzene rings is 2. The standard InChI is InChI=1S/C26H29FN2O6/c1-33-19-8-9-21(34-2)20(16-19)23-22(24(30)17-4-6-18(27)7-5-17)25(31)26(32)29(23)11-3-10-28-12-14-35-15-13-28/h4-9,16,23,30H,3,10-15H2,1-2H3/b24-22+/t23-/m1/s1. The Kier molecular flexibility index (Phi) is 7.67. The molecule has 2 aromatic carbocycles. The Morgan fingerprint density at radius 2 is 1.77 bits per heavy atom. The Morgan fingerprint density at radius 1 is 1.06 bits per heavy atom. The fourth-order valence-corrected chi connectivity index (χ4v) is 4.54. The van der Waals surface area contributed by atoms with Gasteiger partial charge in [-0.05, 0) is 48.9 Å². The van der Waals surface area contributed by atoms with Crippen LogP contribution in [0.25, 0.3) is 5.76 Å². The van der Waals surface area contributed by atoms with Crippen LogP contribution in [0.3, 0.4) is 0 Å². The first-order valence-corrected chi connectivity index (χ1v) is 11.5. The minimum atomic E-state index is -0.894. The number of methoxy groups -OCH3 is 2. The second-order valence-electron chi connectivity index (χ2n) is 8.41. The summed E-state index contributed by atoms with van der Waals surface area (Å²) >= 11 is 0. The molecule has 2 aliphatic rings. The van der Waals surface area contributed by atoms with Crippen molar-refractivity contribution >= 4 is 17.4 Å². The number of nitrogens with zero attached hydrogens (tertiary/aromatic N) is 2. The summed E-state index contributed by atoms with van der Waals surface area (Å²) in [4.78, 5) is 30.1. The van der Waals surface area contributed by atoms with Crippen LogP contribution in [0.2, 0.25) is 0 Å². The first-order chi connectivity index (χ1) is 16.9. The number of ether oxygens (including phenoxy) is 3. The van der Waals surface area contributed by atoms with Gasteiger partial charge in [0.25, 0.3) is 11.7 Å². The van der Waals surface area contributed by atoms with Crippen LogP contribution in [0.1, 0.15) is 23.6 Å². The van der Waals surface area contributed by atoms with Crippen molar-refractivity contribution in [3.05, 3.63) is 65.0 Å². The van der Waals surface area contributed by atoms with Crippen LogP contribution < -0.4 is 9.47 Å². The van der Waals surface area contributed by atoms with Crippen molar-refractivity contribution < 1.29 is 33.3 Å². The highest BCUT2D eigenvalue weighted by Gasteiger charge is 2.47. The molecule has 2 fully saturated rings. The summed E-state index contributed by atoms with van der Waals surface area (Å²) in [5.74, 6) is -1.38. The van der Waals surface area contributed by atoms with Crippen molar-refractivity contribution in [3.63, 3.8) is 0 Å². The fourth-order valence-electron chi connectivity index (χ4n) is 4.54. The number of carbonyl (C=O) groups excluding carboxylic acids is 2. The minimum absolute atomic E-state index is 0.0699. The van der Waals surface area contributed by atoms with E-state index in [1.54, 1.807) is 18.2 Å².